The molecule has 5 heterocycles. The summed E-state index contributed by atoms with van der Waals surface area (Å²) in [6, 6.07) is 3.30. The highest BCUT2D eigenvalue weighted by Crippen LogP contribution is 2.40. The van der Waals surface area contributed by atoms with Crippen molar-refractivity contribution in [1.82, 2.24) is 24.5 Å². The van der Waals surface area contributed by atoms with E-state index >= 15 is 4.39 Å². The number of carbonyl (C=O) groups excluding carboxylic acids is 1. The van der Waals surface area contributed by atoms with Crippen LogP contribution in [0.5, 0.6) is 0 Å². The molecule has 10 heteroatoms. The lowest BCUT2D eigenvalue weighted by atomic mass is 9.84. The fourth-order valence-electron chi connectivity index (χ4n) is 5.41. The van der Waals surface area contributed by atoms with Gasteiger partial charge in [0.1, 0.15) is 23.0 Å². The van der Waals surface area contributed by atoms with E-state index < -0.39 is 17.6 Å². The minimum absolute atomic E-state index is 0.0267. The van der Waals surface area contributed by atoms with Crippen LogP contribution in [0.15, 0.2) is 41.9 Å². The number of aliphatic hydroxyl groups is 1. The number of likely N-dealkylation sites (tertiary alicyclic amines) is 1. The predicted octanol–water partition coefficient (Wildman–Crippen LogP) is 3.30. The minimum Gasteiger partial charge on any atom is -0.391 e. The second kappa shape index (κ2) is 7.63. The third-order valence-corrected chi connectivity index (χ3v) is 7.21. The van der Waals surface area contributed by atoms with Crippen LogP contribution in [0.3, 0.4) is 0 Å². The van der Waals surface area contributed by atoms with Gasteiger partial charge >= 0.3 is 0 Å². The molecule has 3 aromatic heterocycles. The molecule has 2 fully saturated rings. The average Bonchev–Trinajstić information content (AvgIpc) is 3.58. The zero-order valence-corrected chi connectivity index (χ0v) is 18.8. The zero-order valence-electron chi connectivity index (χ0n) is 18.8. The standard InChI is InChI=1S/C24H26F2N6O2/c1-24(26)7-4-14(25)11-17(24)19-3-2-8-31(19)20-6-10-32-22(28-20)16-12-18(27-21(16)29-32)23(34)30-9-5-15(33)13-30/h4,6,10-12,15,19,33H,2-3,5,7-9,13H2,1H3,(H,27,29)/t15-,19+,24?/m1/s1. The lowest BCUT2D eigenvalue weighted by Gasteiger charge is -2.35. The van der Waals surface area contributed by atoms with Gasteiger partial charge in [-0.1, -0.05) is 0 Å². The second-order valence-electron chi connectivity index (χ2n) is 9.63. The Kier molecular flexibility index (Phi) is 4.77. The van der Waals surface area contributed by atoms with Gasteiger partial charge in [0.2, 0.25) is 0 Å². The lowest BCUT2D eigenvalue weighted by Crippen LogP contribution is -2.39. The highest BCUT2D eigenvalue weighted by molar-refractivity contribution is 6.01. The van der Waals surface area contributed by atoms with E-state index in [1.807, 2.05) is 11.0 Å². The van der Waals surface area contributed by atoms with Crippen molar-refractivity contribution in [3.05, 3.63) is 47.6 Å². The first kappa shape index (κ1) is 21.3. The number of hydrogen-bond acceptors (Lipinski definition) is 5. The van der Waals surface area contributed by atoms with E-state index in [-0.39, 0.29) is 18.4 Å². The fourth-order valence-corrected chi connectivity index (χ4v) is 5.41. The third-order valence-electron chi connectivity index (χ3n) is 7.21. The maximum absolute atomic E-state index is 15.3. The summed E-state index contributed by atoms with van der Waals surface area (Å²) >= 11 is 0. The van der Waals surface area contributed by atoms with Gasteiger partial charge in [0.05, 0.1) is 17.5 Å². The number of fused-ring (bicyclic) bond motifs is 3. The molecule has 0 spiro atoms. The van der Waals surface area contributed by atoms with Gasteiger partial charge in [0.25, 0.3) is 5.91 Å². The maximum Gasteiger partial charge on any atom is 0.270 e. The number of H-pyrrole nitrogens is 1. The summed E-state index contributed by atoms with van der Waals surface area (Å²) in [6.07, 6.45) is 6.12. The number of anilines is 1. The fraction of sp³-hybridized carbons (Fsp3) is 0.458. The number of aromatic nitrogens is 4. The number of rotatable bonds is 3. The van der Waals surface area contributed by atoms with Gasteiger partial charge in [-0.2, -0.15) is 0 Å². The van der Waals surface area contributed by atoms with Crippen molar-refractivity contribution in [2.45, 2.75) is 50.4 Å². The number of carbonyl (C=O) groups is 1. The minimum atomic E-state index is -1.60. The number of alkyl halides is 1. The van der Waals surface area contributed by atoms with E-state index in [4.69, 9.17) is 4.98 Å². The quantitative estimate of drug-likeness (QED) is 0.616. The van der Waals surface area contributed by atoms with E-state index in [1.165, 1.54) is 19.1 Å². The highest BCUT2D eigenvalue weighted by atomic mass is 19.1. The number of allylic oxidation sites excluding steroid dienone is 3. The van der Waals surface area contributed by atoms with Crippen LogP contribution in [-0.4, -0.2) is 72.9 Å². The largest absolute Gasteiger partial charge is 0.391 e. The average molecular weight is 469 g/mol. The monoisotopic (exact) mass is 468 g/mol. The number of aliphatic hydroxyl groups excluding tert-OH is 1. The highest BCUT2D eigenvalue weighted by Gasteiger charge is 2.40. The molecule has 0 bridgehead atoms. The van der Waals surface area contributed by atoms with Gasteiger partial charge in [-0.3, -0.25) is 4.79 Å². The van der Waals surface area contributed by atoms with Crippen LogP contribution >= 0.6 is 0 Å². The molecule has 0 saturated carbocycles. The van der Waals surface area contributed by atoms with E-state index in [1.54, 1.807) is 21.7 Å². The number of nitrogens with zero attached hydrogens (tertiary/aromatic N) is 5. The predicted molar refractivity (Wildman–Crippen MR) is 123 cm³/mol. The first-order valence-corrected chi connectivity index (χ1v) is 11.7. The number of halogens is 2. The van der Waals surface area contributed by atoms with Crippen LogP contribution in [0.25, 0.3) is 16.7 Å². The summed E-state index contributed by atoms with van der Waals surface area (Å²) in [4.78, 5) is 24.4. The summed E-state index contributed by atoms with van der Waals surface area (Å²) in [5.41, 5.74) is 0.386. The summed E-state index contributed by atoms with van der Waals surface area (Å²) < 4.78 is 31.0. The van der Waals surface area contributed by atoms with Gasteiger partial charge in [-0.15, -0.1) is 5.10 Å². The summed E-state index contributed by atoms with van der Waals surface area (Å²) in [5, 5.41) is 15.0. The molecule has 3 aromatic rings. The molecular formula is C24H26F2N6O2. The zero-order chi connectivity index (χ0) is 23.6. The second-order valence-corrected chi connectivity index (χ2v) is 9.63. The Morgan fingerprint density at radius 2 is 2.18 bits per heavy atom. The molecule has 178 valence electrons. The van der Waals surface area contributed by atoms with Crippen molar-refractivity contribution in [2.75, 3.05) is 24.5 Å². The van der Waals surface area contributed by atoms with Crippen LogP contribution in [-0.2, 0) is 0 Å². The van der Waals surface area contributed by atoms with E-state index in [2.05, 4.69) is 10.1 Å². The summed E-state index contributed by atoms with van der Waals surface area (Å²) in [7, 11) is 0. The molecule has 2 saturated heterocycles. The normalized spacial score (nSPS) is 27.6. The number of amides is 1. The van der Waals surface area contributed by atoms with Crippen LogP contribution < -0.4 is 4.90 Å². The van der Waals surface area contributed by atoms with E-state index in [0.29, 0.717) is 59.8 Å². The van der Waals surface area contributed by atoms with Crippen LogP contribution in [0, 0.1) is 0 Å². The molecule has 1 aliphatic carbocycles. The van der Waals surface area contributed by atoms with E-state index in [0.717, 1.165) is 12.8 Å². The Hall–Kier alpha value is -3.27. The van der Waals surface area contributed by atoms with Gasteiger partial charge in [0.15, 0.2) is 11.3 Å². The van der Waals surface area contributed by atoms with Crippen molar-refractivity contribution >= 4 is 28.4 Å². The van der Waals surface area contributed by atoms with Crippen molar-refractivity contribution in [2.24, 2.45) is 0 Å². The molecule has 1 unspecified atom stereocenters. The number of aromatic amines is 1. The molecule has 1 amide bonds. The maximum atomic E-state index is 15.3. The Balaban J connectivity index is 1.35. The Morgan fingerprint density at radius 3 is 2.97 bits per heavy atom. The molecule has 3 atom stereocenters. The first-order chi connectivity index (χ1) is 16.3. The Labute approximate surface area is 194 Å². The van der Waals surface area contributed by atoms with Crippen LogP contribution in [0.2, 0.25) is 0 Å². The first-order valence-electron chi connectivity index (χ1n) is 11.7. The number of nitrogens with one attached hydrogen (secondary N) is 1. The molecule has 0 radical (unpaired) electrons. The van der Waals surface area contributed by atoms with Crippen molar-refractivity contribution < 1.29 is 18.7 Å². The summed E-state index contributed by atoms with van der Waals surface area (Å²) in [5.74, 6) is 0.0955. The molecule has 0 aromatic carbocycles. The lowest BCUT2D eigenvalue weighted by molar-refractivity contribution is 0.0760. The number of β-amino-alcohol motifs (C(OH)–C–C–N with tert-alkyl or cyclic N) is 1. The van der Waals surface area contributed by atoms with Gasteiger partial charge < -0.3 is 19.9 Å². The topological polar surface area (TPSA) is 89.8 Å². The van der Waals surface area contributed by atoms with Gasteiger partial charge in [-0.25, -0.2) is 18.3 Å². The van der Waals surface area contributed by atoms with Gasteiger partial charge in [0, 0.05) is 32.3 Å². The van der Waals surface area contributed by atoms with Crippen LogP contribution in [0.1, 0.15) is 43.1 Å². The van der Waals surface area contributed by atoms with Crippen molar-refractivity contribution in [3.63, 3.8) is 0 Å². The molecule has 8 nitrogen and oxygen atoms in total. The Bertz CT molecular complexity index is 1360. The molecular weight excluding hydrogens is 442 g/mol. The SMILES string of the molecule is CC1(F)CC=C(F)C=C1[C@@H]1CCCN1c1ccn2nc3[nH]c(C(=O)N4CC[C@@H](O)C4)cc3c2n1. The molecule has 2 aliphatic heterocycles. The Morgan fingerprint density at radius 1 is 1.32 bits per heavy atom. The van der Waals surface area contributed by atoms with Crippen LogP contribution in [0.4, 0.5) is 14.6 Å². The van der Waals surface area contributed by atoms with Crippen molar-refractivity contribution in [3.8, 4) is 0 Å². The smallest absolute Gasteiger partial charge is 0.270 e. The molecule has 34 heavy (non-hydrogen) atoms. The molecule has 6 rings (SSSR count). The number of hydrogen-bond donors (Lipinski definition) is 2. The van der Waals surface area contributed by atoms with Crippen molar-refractivity contribution in [1.29, 1.82) is 0 Å². The third kappa shape index (κ3) is 3.39. The van der Waals surface area contributed by atoms with E-state index in [9.17, 15) is 14.3 Å². The summed E-state index contributed by atoms with van der Waals surface area (Å²) in [6.45, 7) is 3.04. The molecule has 2 N–H and O–H groups in total. The molecule has 3 aliphatic rings. The van der Waals surface area contributed by atoms with Gasteiger partial charge in [-0.05, 0) is 56.0 Å².